The lowest BCUT2D eigenvalue weighted by Crippen LogP contribution is -2.48. The van der Waals surface area contributed by atoms with Gasteiger partial charge in [-0.1, -0.05) is 30.3 Å². The van der Waals surface area contributed by atoms with Crippen molar-refractivity contribution in [3.8, 4) is 27.8 Å². The van der Waals surface area contributed by atoms with Gasteiger partial charge in [-0.25, -0.2) is 4.98 Å². The van der Waals surface area contributed by atoms with E-state index in [1.807, 2.05) is 23.1 Å². The molecule has 1 aromatic heterocycles. The molecule has 0 unspecified atom stereocenters. The lowest BCUT2D eigenvalue weighted by atomic mass is 10.1. The Balaban J connectivity index is 1.38. The number of carbonyl (C=O) groups excluding carboxylic acids is 1. The first-order valence-electron chi connectivity index (χ1n) is 10.4. The third kappa shape index (κ3) is 4.71. The quantitative estimate of drug-likeness (QED) is 0.542. The number of methoxy groups -OCH3 is 3. The maximum absolute atomic E-state index is 13.1. The summed E-state index contributed by atoms with van der Waals surface area (Å²) in [6.45, 7) is 3.70. The molecule has 3 aromatic rings. The molecule has 0 bridgehead atoms. The highest BCUT2D eigenvalue weighted by Crippen LogP contribution is 2.38. The zero-order valence-corrected chi connectivity index (χ0v) is 19.4. The van der Waals surface area contributed by atoms with Crippen molar-refractivity contribution in [2.75, 3.05) is 47.5 Å². The fourth-order valence-electron chi connectivity index (χ4n) is 3.82. The highest BCUT2D eigenvalue weighted by molar-refractivity contribution is 7.13. The summed E-state index contributed by atoms with van der Waals surface area (Å²) in [6, 6.07) is 13.6. The standard InChI is InChI=1S/C24H27N3O4S/c1-29-20-13-18(14-21(30-2)22(20)31-3)24(28)27-11-9-26(10-12-27)15-19-16-32-23(25-19)17-7-5-4-6-8-17/h4-8,13-14,16H,9-12,15H2,1-3H3. The van der Waals surface area contributed by atoms with Crippen molar-refractivity contribution >= 4 is 17.2 Å². The summed E-state index contributed by atoms with van der Waals surface area (Å²) in [6.07, 6.45) is 0. The summed E-state index contributed by atoms with van der Waals surface area (Å²) in [5, 5.41) is 3.16. The molecule has 0 saturated carbocycles. The largest absolute Gasteiger partial charge is 0.493 e. The van der Waals surface area contributed by atoms with Crippen LogP contribution in [0, 0.1) is 0 Å². The van der Waals surface area contributed by atoms with Crippen molar-refractivity contribution in [2.45, 2.75) is 6.54 Å². The molecule has 1 aliphatic heterocycles. The molecule has 32 heavy (non-hydrogen) atoms. The molecule has 7 nitrogen and oxygen atoms in total. The van der Waals surface area contributed by atoms with Gasteiger partial charge in [-0.2, -0.15) is 0 Å². The first-order chi connectivity index (χ1) is 15.6. The van der Waals surface area contributed by atoms with Crippen LogP contribution in [0.4, 0.5) is 0 Å². The Labute approximate surface area is 192 Å². The molecule has 8 heteroatoms. The van der Waals surface area contributed by atoms with E-state index in [4.69, 9.17) is 19.2 Å². The van der Waals surface area contributed by atoms with E-state index in [9.17, 15) is 4.79 Å². The Morgan fingerprint density at radius 3 is 2.22 bits per heavy atom. The van der Waals surface area contributed by atoms with E-state index < -0.39 is 0 Å². The van der Waals surface area contributed by atoms with E-state index in [-0.39, 0.29) is 5.91 Å². The number of nitrogens with zero attached hydrogens (tertiary/aromatic N) is 3. The van der Waals surface area contributed by atoms with E-state index in [1.54, 1.807) is 44.8 Å². The molecular formula is C24H27N3O4S. The van der Waals surface area contributed by atoms with Crippen LogP contribution in [0.5, 0.6) is 17.2 Å². The van der Waals surface area contributed by atoms with Gasteiger partial charge >= 0.3 is 0 Å². The number of aromatic nitrogens is 1. The number of amides is 1. The van der Waals surface area contributed by atoms with Crippen LogP contribution < -0.4 is 14.2 Å². The second-order valence-electron chi connectivity index (χ2n) is 7.49. The van der Waals surface area contributed by atoms with Crippen molar-refractivity contribution in [3.63, 3.8) is 0 Å². The smallest absolute Gasteiger partial charge is 0.254 e. The number of piperazine rings is 1. The van der Waals surface area contributed by atoms with Crippen molar-refractivity contribution < 1.29 is 19.0 Å². The molecule has 1 aliphatic rings. The SMILES string of the molecule is COc1cc(C(=O)N2CCN(Cc3csc(-c4ccccc4)n3)CC2)cc(OC)c1OC. The Hall–Kier alpha value is -3.10. The van der Waals surface area contributed by atoms with Crippen LogP contribution in [0.3, 0.4) is 0 Å². The number of rotatable bonds is 7. The van der Waals surface area contributed by atoms with Gasteiger partial charge in [-0.05, 0) is 12.1 Å². The van der Waals surface area contributed by atoms with E-state index in [0.717, 1.165) is 35.9 Å². The molecule has 4 rings (SSSR count). The van der Waals surface area contributed by atoms with Crippen LogP contribution in [0.1, 0.15) is 16.1 Å². The molecule has 1 saturated heterocycles. The zero-order chi connectivity index (χ0) is 22.5. The van der Waals surface area contributed by atoms with Gasteiger partial charge in [-0.15, -0.1) is 11.3 Å². The zero-order valence-electron chi connectivity index (χ0n) is 18.5. The van der Waals surface area contributed by atoms with Gasteiger partial charge in [0.15, 0.2) is 11.5 Å². The third-order valence-corrected chi connectivity index (χ3v) is 6.47. The van der Waals surface area contributed by atoms with Crippen LogP contribution in [0.2, 0.25) is 0 Å². The van der Waals surface area contributed by atoms with E-state index in [1.165, 1.54) is 0 Å². The molecule has 1 fully saturated rings. The third-order valence-electron chi connectivity index (χ3n) is 5.53. The normalized spacial score (nSPS) is 14.3. The Morgan fingerprint density at radius 2 is 1.62 bits per heavy atom. The maximum Gasteiger partial charge on any atom is 0.254 e. The molecule has 168 valence electrons. The second-order valence-corrected chi connectivity index (χ2v) is 8.35. The Morgan fingerprint density at radius 1 is 0.969 bits per heavy atom. The van der Waals surface area contributed by atoms with E-state index in [2.05, 4.69) is 22.4 Å². The molecule has 2 aromatic carbocycles. The summed E-state index contributed by atoms with van der Waals surface area (Å²) in [7, 11) is 4.64. The predicted molar refractivity (Wildman–Crippen MR) is 125 cm³/mol. The average molecular weight is 454 g/mol. The van der Waals surface area contributed by atoms with Crippen LogP contribution in [0.15, 0.2) is 47.8 Å². The monoisotopic (exact) mass is 453 g/mol. The average Bonchev–Trinajstić information content (AvgIpc) is 3.32. The fraction of sp³-hybridized carbons (Fsp3) is 0.333. The van der Waals surface area contributed by atoms with Gasteiger partial charge in [0.1, 0.15) is 5.01 Å². The van der Waals surface area contributed by atoms with Crippen LogP contribution in [-0.4, -0.2) is 68.2 Å². The Bertz CT molecular complexity index is 1040. The van der Waals surface area contributed by atoms with Crippen molar-refractivity contribution in [2.24, 2.45) is 0 Å². The van der Waals surface area contributed by atoms with Gasteiger partial charge < -0.3 is 19.1 Å². The van der Waals surface area contributed by atoms with E-state index >= 15 is 0 Å². The minimum Gasteiger partial charge on any atom is -0.493 e. The molecule has 0 spiro atoms. The molecule has 0 radical (unpaired) electrons. The molecule has 0 aliphatic carbocycles. The van der Waals surface area contributed by atoms with Gasteiger partial charge in [0, 0.05) is 49.2 Å². The second kappa shape index (κ2) is 10.0. The number of thiazole rings is 1. The van der Waals surface area contributed by atoms with Gasteiger partial charge in [0.05, 0.1) is 27.0 Å². The minimum atomic E-state index is -0.0380. The highest BCUT2D eigenvalue weighted by atomic mass is 32.1. The first-order valence-corrected chi connectivity index (χ1v) is 11.3. The summed E-state index contributed by atoms with van der Waals surface area (Å²) < 4.78 is 16.1. The van der Waals surface area contributed by atoms with Gasteiger partial charge in [-0.3, -0.25) is 9.69 Å². The number of carbonyl (C=O) groups is 1. The first kappa shape index (κ1) is 22.1. The molecule has 0 atom stereocenters. The van der Waals surface area contributed by atoms with Crippen molar-refractivity contribution in [1.29, 1.82) is 0 Å². The molecule has 2 heterocycles. The number of ether oxygens (including phenoxy) is 3. The topological polar surface area (TPSA) is 64.1 Å². The summed E-state index contributed by atoms with van der Waals surface area (Å²) >= 11 is 1.67. The number of hydrogen-bond acceptors (Lipinski definition) is 7. The number of hydrogen-bond donors (Lipinski definition) is 0. The van der Waals surface area contributed by atoms with Crippen molar-refractivity contribution in [1.82, 2.24) is 14.8 Å². The van der Waals surface area contributed by atoms with Gasteiger partial charge in [0.2, 0.25) is 5.75 Å². The maximum atomic E-state index is 13.1. The number of benzene rings is 2. The predicted octanol–water partition coefficient (Wildman–Crippen LogP) is 3.79. The molecule has 1 amide bonds. The Kier molecular flexibility index (Phi) is 6.92. The van der Waals surface area contributed by atoms with E-state index in [0.29, 0.717) is 35.9 Å². The fourth-order valence-corrected chi connectivity index (χ4v) is 4.64. The minimum absolute atomic E-state index is 0.0380. The summed E-state index contributed by atoms with van der Waals surface area (Å²) in [5.74, 6) is 1.40. The van der Waals surface area contributed by atoms with Crippen molar-refractivity contribution in [3.05, 3.63) is 59.1 Å². The summed E-state index contributed by atoms with van der Waals surface area (Å²) in [5.41, 5.74) is 2.74. The molecular weight excluding hydrogens is 426 g/mol. The molecule has 0 N–H and O–H groups in total. The lowest BCUT2D eigenvalue weighted by Gasteiger charge is -2.34. The highest BCUT2D eigenvalue weighted by Gasteiger charge is 2.25. The summed E-state index contributed by atoms with van der Waals surface area (Å²) in [4.78, 5) is 22.1. The van der Waals surface area contributed by atoms with Crippen LogP contribution >= 0.6 is 11.3 Å². The lowest BCUT2D eigenvalue weighted by molar-refractivity contribution is 0.0626. The van der Waals surface area contributed by atoms with Crippen LogP contribution in [-0.2, 0) is 6.54 Å². The van der Waals surface area contributed by atoms with Crippen LogP contribution in [0.25, 0.3) is 10.6 Å². The van der Waals surface area contributed by atoms with Gasteiger partial charge in [0.25, 0.3) is 5.91 Å².